The molecule has 2 aromatic heterocycles. The van der Waals surface area contributed by atoms with Gasteiger partial charge in [0.1, 0.15) is 11.5 Å². The Bertz CT molecular complexity index is 1530. The van der Waals surface area contributed by atoms with E-state index in [4.69, 9.17) is 4.74 Å². The number of sulfone groups is 1. The Hall–Kier alpha value is -3.60. The van der Waals surface area contributed by atoms with Gasteiger partial charge in [0.2, 0.25) is 0 Å². The van der Waals surface area contributed by atoms with Gasteiger partial charge in [-0.15, -0.1) is 11.3 Å². The molecule has 0 fully saturated rings. The maximum Gasteiger partial charge on any atom is 0.257 e. The number of nitrogens with one attached hydrogen (secondary N) is 2. The highest BCUT2D eigenvalue weighted by atomic mass is 32.2. The Morgan fingerprint density at radius 2 is 1.84 bits per heavy atom. The van der Waals surface area contributed by atoms with Crippen molar-refractivity contribution in [3.8, 4) is 22.8 Å². The minimum absolute atomic E-state index is 0.199. The van der Waals surface area contributed by atoms with Gasteiger partial charge in [-0.05, 0) is 73.5 Å². The highest BCUT2D eigenvalue weighted by molar-refractivity contribution is 7.90. The highest BCUT2D eigenvalue weighted by Crippen LogP contribution is 2.31. The van der Waals surface area contributed by atoms with Crippen molar-refractivity contribution in [2.75, 3.05) is 18.1 Å². The number of nitrogens with zero attached hydrogens (tertiary/aromatic N) is 2. The average Bonchev–Trinajstić information content (AvgIpc) is 3.30. The first-order chi connectivity index (χ1) is 18.1. The summed E-state index contributed by atoms with van der Waals surface area (Å²) in [5, 5.41) is 8.66. The van der Waals surface area contributed by atoms with Gasteiger partial charge < -0.3 is 10.1 Å². The van der Waals surface area contributed by atoms with Gasteiger partial charge in [-0.1, -0.05) is 19.9 Å². The van der Waals surface area contributed by atoms with Crippen LogP contribution in [0.1, 0.15) is 35.5 Å². The van der Waals surface area contributed by atoms with Crippen molar-refractivity contribution >= 4 is 32.2 Å². The normalized spacial score (nSPS) is 11.5. The lowest BCUT2D eigenvalue weighted by Gasteiger charge is -2.12. The van der Waals surface area contributed by atoms with E-state index in [1.165, 1.54) is 23.5 Å². The number of amides is 1. The van der Waals surface area contributed by atoms with E-state index in [2.05, 4.69) is 34.4 Å². The van der Waals surface area contributed by atoms with Crippen molar-refractivity contribution in [1.82, 2.24) is 15.3 Å². The van der Waals surface area contributed by atoms with Gasteiger partial charge in [0, 0.05) is 35.5 Å². The number of aromatic nitrogens is 2. The van der Waals surface area contributed by atoms with Crippen molar-refractivity contribution in [2.45, 2.75) is 32.2 Å². The van der Waals surface area contributed by atoms with E-state index >= 15 is 0 Å². The number of rotatable bonds is 10. The number of benzene rings is 2. The summed E-state index contributed by atoms with van der Waals surface area (Å²) in [6, 6.07) is 15.2. The smallest absolute Gasteiger partial charge is 0.257 e. The predicted octanol–water partition coefficient (Wildman–Crippen LogP) is 5.71. The average molecular weight is 551 g/mol. The third-order valence-corrected chi connectivity index (χ3v) is 7.51. The number of carbonyl (C=O) groups excluding carboxylic acids is 1. The molecule has 10 heteroatoms. The third-order valence-electron chi connectivity index (χ3n) is 5.57. The largest absolute Gasteiger partial charge is 0.457 e. The molecule has 2 aromatic carbocycles. The molecule has 2 N–H and O–H groups in total. The van der Waals surface area contributed by atoms with Crippen LogP contribution in [0.4, 0.5) is 5.13 Å². The maximum atomic E-state index is 13.3. The van der Waals surface area contributed by atoms with Gasteiger partial charge in [0.05, 0.1) is 16.3 Å². The van der Waals surface area contributed by atoms with Crippen LogP contribution in [0.15, 0.2) is 71.1 Å². The van der Waals surface area contributed by atoms with Gasteiger partial charge in [-0.3, -0.25) is 15.1 Å². The molecule has 0 unspecified atom stereocenters. The molecule has 38 heavy (non-hydrogen) atoms. The lowest BCUT2D eigenvalue weighted by molar-refractivity contribution is 0.102. The summed E-state index contributed by atoms with van der Waals surface area (Å²) < 4.78 is 29.6. The first kappa shape index (κ1) is 27.4. The zero-order valence-electron chi connectivity index (χ0n) is 21.7. The van der Waals surface area contributed by atoms with Crippen LogP contribution in [0.2, 0.25) is 0 Å². The van der Waals surface area contributed by atoms with E-state index in [1.807, 2.05) is 24.4 Å². The van der Waals surface area contributed by atoms with Crippen molar-refractivity contribution in [1.29, 1.82) is 0 Å². The van der Waals surface area contributed by atoms with Crippen LogP contribution in [0.25, 0.3) is 11.3 Å². The van der Waals surface area contributed by atoms with Crippen LogP contribution >= 0.6 is 11.3 Å². The Balaban J connectivity index is 1.60. The second-order valence-corrected chi connectivity index (χ2v) is 12.3. The van der Waals surface area contributed by atoms with Crippen molar-refractivity contribution in [3.63, 3.8) is 0 Å². The molecule has 0 aliphatic carbocycles. The SMILES string of the molecule is Cc1cccnc1-c1cc(Oc2ccc(S(C)(=O)=O)cc2)cc(C(=O)Nc2nc(CNCC(C)C)cs2)c1. The van der Waals surface area contributed by atoms with Crippen LogP contribution in [0.3, 0.4) is 0 Å². The Kier molecular flexibility index (Phi) is 8.55. The Morgan fingerprint density at radius 3 is 2.53 bits per heavy atom. The van der Waals surface area contributed by atoms with Crippen LogP contribution in [0, 0.1) is 12.8 Å². The fourth-order valence-electron chi connectivity index (χ4n) is 3.71. The Labute approximate surface area is 227 Å². The second kappa shape index (κ2) is 11.8. The van der Waals surface area contributed by atoms with Crippen molar-refractivity contribution < 1.29 is 17.9 Å². The number of carbonyl (C=O) groups is 1. The quantitative estimate of drug-likeness (QED) is 0.260. The summed E-state index contributed by atoms with van der Waals surface area (Å²) in [5.74, 6) is 1.07. The van der Waals surface area contributed by atoms with Gasteiger partial charge in [-0.25, -0.2) is 13.4 Å². The molecule has 0 aliphatic rings. The molecule has 1 amide bonds. The molecular weight excluding hydrogens is 520 g/mol. The van der Waals surface area contributed by atoms with Crippen molar-refractivity contribution in [3.05, 3.63) is 83.0 Å². The topological polar surface area (TPSA) is 110 Å². The molecule has 0 radical (unpaired) electrons. The Morgan fingerprint density at radius 1 is 1.08 bits per heavy atom. The van der Waals surface area contributed by atoms with E-state index in [9.17, 15) is 13.2 Å². The van der Waals surface area contributed by atoms with Crippen molar-refractivity contribution in [2.24, 2.45) is 5.92 Å². The molecule has 2 heterocycles. The highest BCUT2D eigenvalue weighted by Gasteiger charge is 2.15. The summed E-state index contributed by atoms with van der Waals surface area (Å²) in [7, 11) is -3.32. The zero-order valence-corrected chi connectivity index (χ0v) is 23.3. The lowest BCUT2D eigenvalue weighted by atomic mass is 10.0. The zero-order chi connectivity index (χ0) is 27.3. The van der Waals surface area contributed by atoms with Crippen LogP contribution in [-0.2, 0) is 16.4 Å². The van der Waals surface area contributed by atoms with Gasteiger partial charge >= 0.3 is 0 Å². The van der Waals surface area contributed by atoms with E-state index in [1.54, 1.807) is 36.5 Å². The monoisotopic (exact) mass is 550 g/mol. The summed E-state index contributed by atoms with van der Waals surface area (Å²) in [5.41, 5.74) is 3.64. The lowest BCUT2D eigenvalue weighted by Crippen LogP contribution is -2.19. The number of thiazole rings is 1. The van der Waals surface area contributed by atoms with E-state index in [0.29, 0.717) is 34.7 Å². The molecule has 4 aromatic rings. The molecule has 8 nitrogen and oxygen atoms in total. The third kappa shape index (κ3) is 7.25. The van der Waals surface area contributed by atoms with E-state index in [-0.39, 0.29) is 10.8 Å². The van der Waals surface area contributed by atoms with Gasteiger partial charge in [-0.2, -0.15) is 0 Å². The minimum Gasteiger partial charge on any atom is -0.457 e. The first-order valence-electron chi connectivity index (χ1n) is 12.1. The van der Waals surface area contributed by atoms with Gasteiger partial charge in [0.15, 0.2) is 15.0 Å². The number of hydrogen-bond donors (Lipinski definition) is 2. The molecule has 198 valence electrons. The molecular formula is C28H30N4O4S2. The van der Waals surface area contributed by atoms with E-state index < -0.39 is 9.84 Å². The van der Waals surface area contributed by atoms with Crippen LogP contribution < -0.4 is 15.4 Å². The number of aryl methyl sites for hydroxylation is 1. The fraction of sp³-hybridized carbons (Fsp3) is 0.250. The number of pyridine rings is 1. The molecule has 0 spiro atoms. The fourth-order valence-corrected chi connectivity index (χ4v) is 5.04. The maximum absolute atomic E-state index is 13.3. The predicted molar refractivity (Wildman–Crippen MR) is 151 cm³/mol. The summed E-state index contributed by atoms with van der Waals surface area (Å²) in [4.78, 5) is 22.5. The summed E-state index contributed by atoms with van der Waals surface area (Å²) in [6.45, 7) is 7.75. The molecule has 0 aliphatic heterocycles. The summed E-state index contributed by atoms with van der Waals surface area (Å²) >= 11 is 1.37. The number of anilines is 1. The molecule has 4 rings (SSSR count). The van der Waals surface area contributed by atoms with E-state index in [0.717, 1.165) is 35.3 Å². The first-order valence-corrected chi connectivity index (χ1v) is 14.9. The molecule has 0 saturated heterocycles. The summed E-state index contributed by atoms with van der Waals surface area (Å²) in [6.07, 6.45) is 2.85. The molecule has 0 bridgehead atoms. The van der Waals surface area contributed by atoms with Crippen LogP contribution in [-0.4, -0.2) is 37.1 Å². The second-order valence-electron chi connectivity index (χ2n) is 9.38. The standard InChI is InChI=1S/C28H30N4O4S2/c1-18(2)15-29-16-22-17-37-28(31-22)32-27(33)21-12-20(26-19(3)6-5-11-30-26)13-24(14-21)36-23-7-9-25(10-8-23)38(4,34)35/h5-14,17-18,29H,15-16H2,1-4H3,(H,31,32,33). The van der Waals surface area contributed by atoms with Crippen LogP contribution in [0.5, 0.6) is 11.5 Å². The molecule has 0 atom stereocenters. The number of hydrogen-bond acceptors (Lipinski definition) is 8. The molecule has 0 saturated carbocycles. The minimum atomic E-state index is -3.32. The van der Waals surface area contributed by atoms with Gasteiger partial charge in [0.25, 0.3) is 5.91 Å². The number of ether oxygens (including phenoxy) is 1.